The highest BCUT2D eigenvalue weighted by atomic mass is 16.5. The summed E-state index contributed by atoms with van der Waals surface area (Å²) >= 11 is 0. The molecule has 0 atom stereocenters. The summed E-state index contributed by atoms with van der Waals surface area (Å²) in [5, 5.41) is 11.7. The number of hydrogen-bond acceptors (Lipinski definition) is 5. The lowest BCUT2D eigenvalue weighted by Gasteiger charge is -2.09. The van der Waals surface area contributed by atoms with Crippen LogP contribution in [0.25, 0.3) is 0 Å². The van der Waals surface area contributed by atoms with Gasteiger partial charge in [-0.1, -0.05) is 6.92 Å². The number of nitrogens with two attached hydrogens (primary N) is 1. The Balaban J connectivity index is 2.58. The lowest BCUT2D eigenvalue weighted by Crippen LogP contribution is -2.07. The van der Waals surface area contributed by atoms with Crippen molar-refractivity contribution in [3.63, 3.8) is 0 Å². The Labute approximate surface area is 95.6 Å². The molecular formula is C11H19N3O2. The second-order valence-electron chi connectivity index (χ2n) is 3.44. The van der Waals surface area contributed by atoms with Crippen LogP contribution in [0.2, 0.25) is 0 Å². The molecule has 0 unspecified atom stereocenters. The van der Waals surface area contributed by atoms with Crippen LogP contribution in [0.5, 0.6) is 5.88 Å². The molecule has 1 rings (SSSR count). The molecule has 5 heteroatoms. The van der Waals surface area contributed by atoms with Gasteiger partial charge in [0.15, 0.2) is 0 Å². The lowest BCUT2D eigenvalue weighted by molar-refractivity contribution is 0.292. The van der Waals surface area contributed by atoms with E-state index in [9.17, 15) is 0 Å². The van der Waals surface area contributed by atoms with E-state index in [1.165, 1.54) is 0 Å². The Kier molecular flexibility index (Phi) is 5.42. The molecule has 0 bridgehead atoms. The van der Waals surface area contributed by atoms with Crippen LogP contribution in [0, 0.1) is 0 Å². The van der Waals surface area contributed by atoms with Gasteiger partial charge in [-0.25, -0.2) is 0 Å². The zero-order valence-corrected chi connectivity index (χ0v) is 9.57. The minimum absolute atomic E-state index is 0.168. The third-order valence-electron chi connectivity index (χ3n) is 1.97. The zero-order valence-electron chi connectivity index (χ0n) is 9.57. The molecule has 1 aromatic heterocycles. The number of pyridine rings is 1. The maximum Gasteiger partial charge on any atom is 0.239 e. The van der Waals surface area contributed by atoms with Gasteiger partial charge in [0.25, 0.3) is 0 Å². The number of aliphatic hydroxyl groups excluding tert-OH is 1. The molecular weight excluding hydrogens is 206 g/mol. The summed E-state index contributed by atoms with van der Waals surface area (Å²) < 4.78 is 5.41. The van der Waals surface area contributed by atoms with Gasteiger partial charge in [-0.05, 0) is 25.0 Å². The molecule has 1 aromatic rings. The SMILES string of the molecule is CCCOc1nc(NCCCO)ccc1N. The fraction of sp³-hybridized carbons (Fsp3) is 0.545. The van der Waals surface area contributed by atoms with Crippen LogP contribution in [0.1, 0.15) is 19.8 Å². The molecule has 0 radical (unpaired) electrons. The van der Waals surface area contributed by atoms with Gasteiger partial charge >= 0.3 is 0 Å². The number of nitrogen functional groups attached to an aromatic ring is 1. The summed E-state index contributed by atoms with van der Waals surface area (Å²) in [5.74, 6) is 1.18. The van der Waals surface area contributed by atoms with Crippen LogP contribution in [0.15, 0.2) is 12.1 Å². The van der Waals surface area contributed by atoms with Crippen molar-refractivity contribution < 1.29 is 9.84 Å². The number of anilines is 2. The molecule has 0 aliphatic rings. The smallest absolute Gasteiger partial charge is 0.239 e. The summed E-state index contributed by atoms with van der Waals surface area (Å²) in [7, 11) is 0. The third-order valence-corrected chi connectivity index (χ3v) is 1.97. The average molecular weight is 225 g/mol. The Morgan fingerprint density at radius 2 is 2.31 bits per heavy atom. The molecule has 0 spiro atoms. The van der Waals surface area contributed by atoms with Crippen molar-refractivity contribution >= 4 is 11.5 Å². The molecule has 0 saturated heterocycles. The quantitative estimate of drug-likeness (QED) is 0.608. The van der Waals surface area contributed by atoms with Crippen molar-refractivity contribution in [3.8, 4) is 5.88 Å². The van der Waals surface area contributed by atoms with E-state index in [0.29, 0.717) is 37.0 Å². The van der Waals surface area contributed by atoms with E-state index in [2.05, 4.69) is 10.3 Å². The summed E-state index contributed by atoms with van der Waals surface area (Å²) in [5.41, 5.74) is 6.27. The van der Waals surface area contributed by atoms with Crippen LogP contribution in [-0.2, 0) is 0 Å². The van der Waals surface area contributed by atoms with Crippen LogP contribution in [0.3, 0.4) is 0 Å². The van der Waals surface area contributed by atoms with E-state index >= 15 is 0 Å². The number of rotatable bonds is 7. The van der Waals surface area contributed by atoms with Crippen molar-refractivity contribution in [2.75, 3.05) is 30.8 Å². The van der Waals surface area contributed by atoms with E-state index in [4.69, 9.17) is 15.6 Å². The number of nitrogens with one attached hydrogen (secondary N) is 1. The summed E-state index contributed by atoms with van der Waals surface area (Å²) in [6.45, 7) is 3.48. The van der Waals surface area contributed by atoms with E-state index in [-0.39, 0.29) is 6.61 Å². The van der Waals surface area contributed by atoms with Gasteiger partial charge in [-0.15, -0.1) is 0 Å². The first-order chi connectivity index (χ1) is 7.77. The van der Waals surface area contributed by atoms with E-state index in [1.54, 1.807) is 12.1 Å². The third kappa shape index (κ3) is 3.94. The highest BCUT2D eigenvalue weighted by Crippen LogP contribution is 2.20. The first-order valence-corrected chi connectivity index (χ1v) is 5.52. The summed E-state index contributed by atoms with van der Waals surface area (Å²) in [6, 6.07) is 3.56. The average Bonchev–Trinajstić information content (AvgIpc) is 2.30. The second-order valence-corrected chi connectivity index (χ2v) is 3.44. The van der Waals surface area contributed by atoms with Gasteiger partial charge < -0.3 is 20.9 Å². The van der Waals surface area contributed by atoms with E-state index in [0.717, 1.165) is 6.42 Å². The van der Waals surface area contributed by atoms with Gasteiger partial charge in [-0.3, -0.25) is 0 Å². The minimum Gasteiger partial charge on any atom is -0.476 e. The highest BCUT2D eigenvalue weighted by Gasteiger charge is 2.03. The van der Waals surface area contributed by atoms with Crippen molar-refractivity contribution in [1.82, 2.24) is 4.98 Å². The monoisotopic (exact) mass is 225 g/mol. The molecule has 90 valence electrons. The first-order valence-electron chi connectivity index (χ1n) is 5.52. The molecule has 0 fully saturated rings. The summed E-state index contributed by atoms with van der Waals surface area (Å²) in [4.78, 5) is 4.24. The lowest BCUT2D eigenvalue weighted by atomic mass is 10.4. The molecule has 1 heterocycles. The fourth-order valence-corrected chi connectivity index (χ4v) is 1.16. The van der Waals surface area contributed by atoms with Crippen LogP contribution < -0.4 is 15.8 Å². The first kappa shape index (κ1) is 12.6. The maximum absolute atomic E-state index is 8.65. The molecule has 0 aliphatic carbocycles. The molecule has 0 aromatic carbocycles. The number of hydrogen-bond donors (Lipinski definition) is 3. The van der Waals surface area contributed by atoms with E-state index < -0.39 is 0 Å². The van der Waals surface area contributed by atoms with E-state index in [1.807, 2.05) is 6.92 Å². The predicted molar refractivity (Wildman–Crippen MR) is 64.6 cm³/mol. The number of aromatic nitrogens is 1. The van der Waals surface area contributed by atoms with Gasteiger partial charge in [0.05, 0.1) is 12.3 Å². The van der Waals surface area contributed by atoms with Gasteiger partial charge in [0.2, 0.25) is 5.88 Å². The van der Waals surface area contributed by atoms with Gasteiger partial charge in [0.1, 0.15) is 5.82 Å². The van der Waals surface area contributed by atoms with Gasteiger partial charge in [0, 0.05) is 13.2 Å². The van der Waals surface area contributed by atoms with Crippen LogP contribution in [-0.4, -0.2) is 29.8 Å². The molecule has 0 amide bonds. The Bertz CT molecular complexity index is 318. The topological polar surface area (TPSA) is 80.4 Å². The number of nitrogens with zero attached hydrogens (tertiary/aromatic N) is 1. The highest BCUT2D eigenvalue weighted by molar-refractivity contribution is 5.53. The Morgan fingerprint density at radius 3 is 3.00 bits per heavy atom. The second kappa shape index (κ2) is 6.90. The largest absolute Gasteiger partial charge is 0.476 e. The van der Waals surface area contributed by atoms with Crippen molar-refractivity contribution in [1.29, 1.82) is 0 Å². The summed E-state index contributed by atoms with van der Waals surface area (Å²) in [6.07, 6.45) is 1.61. The van der Waals surface area contributed by atoms with Crippen molar-refractivity contribution in [2.24, 2.45) is 0 Å². The standard InChI is InChI=1S/C11H19N3O2/c1-2-8-16-11-9(12)4-5-10(14-11)13-6-3-7-15/h4-5,15H,2-3,6-8,12H2,1H3,(H,13,14). The Morgan fingerprint density at radius 1 is 1.50 bits per heavy atom. The predicted octanol–water partition coefficient (Wildman–Crippen LogP) is 1.25. The normalized spacial score (nSPS) is 10.1. The number of aliphatic hydroxyl groups is 1. The maximum atomic E-state index is 8.65. The minimum atomic E-state index is 0.168. The molecule has 5 nitrogen and oxygen atoms in total. The van der Waals surface area contributed by atoms with Crippen molar-refractivity contribution in [3.05, 3.63) is 12.1 Å². The van der Waals surface area contributed by atoms with Gasteiger partial charge in [-0.2, -0.15) is 4.98 Å². The van der Waals surface area contributed by atoms with Crippen LogP contribution in [0.4, 0.5) is 11.5 Å². The number of ether oxygens (including phenoxy) is 1. The molecule has 0 aliphatic heterocycles. The molecule has 4 N–H and O–H groups in total. The Hall–Kier alpha value is -1.49. The van der Waals surface area contributed by atoms with Crippen LogP contribution >= 0.6 is 0 Å². The molecule has 16 heavy (non-hydrogen) atoms. The van der Waals surface area contributed by atoms with Crippen molar-refractivity contribution in [2.45, 2.75) is 19.8 Å². The molecule has 0 saturated carbocycles. The fourth-order valence-electron chi connectivity index (χ4n) is 1.16. The zero-order chi connectivity index (χ0) is 11.8.